The van der Waals surface area contributed by atoms with Gasteiger partial charge in [-0.05, 0) is 43.5 Å². The highest BCUT2D eigenvalue weighted by molar-refractivity contribution is 7.13. The number of amides is 2. The van der Waals surface area contributed by atoms with Crippen molar-refractivity contribution < 1.29 is 9.59 Å². The summed E-state index contributed by atoms with van der Waals surface area (Å²) in [7, 11) is 0. The largest absolute Gasteiger partial charge is 0.323 e. The first-order chi connectivity index (χ1) is 14.5. The molecule has 4 aromatic rings. The summed E-state index contributed by atoms with van der Waals surface area (Å²) in [5, 5.41) is 9.96. The lowest BCUT2D eigenvalue weighted by Gasteiger charge is -2.29. The molecule has 0 spiro atoms. The van der Waals surface area contributed by atoms with E-state index in [0.717, 1.165) is 10.6 Å². The molecular weight excluding hydrogens is 398 g/mol. The Morgan fingerprint density at radius 2 is 2.03 bits per heavy atom. The molecule has 8 heteroatoms. The lowest BCUT2D eigenvalue weighted by atomic mass is 10.1. The fourth-order valence-electron chi connectivity index (χ4n) is 3.68. The second-order valence-electron chi connectivity index (χ2n) is 7.41. The van der Waals surface area contributed by atoms with Gasteiger partial charge in [-0.25, -0.2) is 9.67 Å². The van der Waals surface area contributed by atoms with Crippen molar-refractivity contribution in [3.63, 3.8) is 0 Å². The van der Waals surface area contributed by atoms with E-state index >= 15 is 0 Å². The first kappa shape index (κ1) is 18.5. The van der Waals surface area contributed by atoms with Crippen molar-refractivity contribution in [3.8, 4) is 10.6 Å². The van der Waals surface area contributed by atoms with Crippen LogP contribution in [0.1, 0.15) is 30.2 Å². The number of carbonyl (C=O) groups excluding carboxylic acids is 2. The molecule has 0 unspecified atom stereocenters. The Kier molecular flexibility index (Phi) is 4.36. The summed E-state index contributed by atoms with van der Waals surface area (Å²) in [6.07, 6.45) is 1.68. The number of aromatic nitrogens is 3. The Morgan fingerprint density at radius 1 is 1.20 bits per heavy atom. The maximum atomic E-state index is 13.7. The number of nitrogens with one attached hydrogen (secondary N) is 1. The number of nitrogens with zero attached hydrogens (tertiary/aromatic N) is 4. The molecule has 4 heterocycles. The monoisotopic (exact) mass is 417 g/mol. The van der Waals surface area contributed by atoms with Gasteiger partial charge in [0.1, 0.15) is 6.54 Å². The van der Waals surface area contributed by atoms with Crippen LogP contribution >= 0.6 is 11.3 Å². The Hall–Kier alpha value is -3.52. The van der Waals surface area contributed by atoms with E-state index in [0.29, 0.717) is 28.0 Å². The highest BCUT2D eigenvalue weighted by Crippen LogP contribution is 2.33. The lowest BCUT2D eigenvalue weighted by Crippen LogP contribution is -2.42. The van der Waals surface area contributed by atoms with E-state index in [4.69, 9.17) is 4.98 Å². The number of hydrogen-bond donors (Lipinski definition) is 1. The molecule has 0 bridgehead atoms. The van der Waals surface area contributed by atoms with Crippen molar-refractivity contribution >= 4 is 45.6 Å². The molecule has 1 aromatic carbocycles. The third-order valence-electron chi connectivity index (χ3n) is 5.08. The molecular formula is C22H19N5O2S. The molecule has 1 aliphatic rings. The topological polar surface area (TPSA) is 80.1 Å². The molecule has 0 saturated heterocycles. The normalized spacial score (nSPS) is 13.6. The average Bonchev–Trinajstić information content (AvgIpc) is 3.41. The second kappa shape index (κ2) is 7.07. The summed E-state index contributed by atoms with van der Waals surface area (Å²) < 4.78 is 1.82. The molecule has 0 atom stereocenters. The Labute approximate surface area is 177 Å². The molecule has 0 fully saturated rings. The zero-order valence-corrected chi connectivity index (χ0v) is 17.3. The third kappa shape index (κ3) is 2.96. The van der Waals surface area contributed by atoms with Crippen LogP contribution in [-0.2, 0) is 4.79 Å². The summed E-state index contributed by atoms with van der Waals surface area (Å²) in [5.74, 6) is -0.463. The van der Waals surface area contributed by atoms with E-state index in [2.05, 4.69) is 10.4 Å². The summed E-state index contributed by atoms with van der Waals surface area (Å²) in [5.41, 5.74) is 3.18. The van der Waals surface area contributed by atoms with Gasteiger partial charge in [0.25, 0.3) is 5.91 Å². The first-order valence-corrected chi connectivity index (χ1v) is 10.5. The zero-order chi connectivity index (χ0) is 20.8. The van der Waals surface area contributed by atoms with Crippen LogP contribution in [0.25, 0.3) is 21.6 Å². The average molecular weight is 417 g/mol. The number of anilines is 2. The van der Waals surface area contributed by atoms with Crippen LogP contribution in [0.4, 0.5) is 11.4 Å². The highest BCUT2D eigenvalue weighted by atomic mass is 32.1. The fraction of sp³-hybridized carbons (Fsp3) is 0.182. The van der Waals surface area contributed by atoms with Gasteiger partial charge in [0, 0.05) is 6.04 Å². The van der Waals surface area contributed by atoms with Crippen LogP contribution in [0.5, 0.6) is 0 Å². The number of carbonyl (C=O) groups is 2. The van der Waals surface area contributed by atoms with E-state index in [1.54, 1.807) is 29.7 Å². The van der Waals surface area contributed by atoms with Gasteiger partial charge in [-0.3, -0.25) is 14.5 Å². The van der Waals surface area contributed by atoms with Gasteiger partial charge < -0.3 is 5.32 Å². The predicted octanol–water partition coefficient (Wildman–Crippen LogP) is 4.34. The third-order valence-corrected chi connectivity index (χ3v) is 5.97. The number of rotatable bonds is 3. The van der Waals surface area contributed by atoms with Crippen molar-refractivity contribution in [3.05, 3.63) is 59.6 Å². The molecule has 0 saturated carbocycles. The molecule has 2 amide bonds. The Balaban J connectivity index is 1.70. The molecule has 1 N–H and O–H groups in total. The number of benzene rings is 1. The quantitative estimate of drug-likeness (QED) is 0.538. The van der Waals surface area contributed by atoms with E-state index in [9.17, 15) is 9.59 Å². The number of thiophene rings is 1. The van der Waals surface area contributed by atoms with E-state index in [1.165, 1.54) is 4.90 Å². The number of hydrogen-bond acceptors (Lipinski definition) is 5. The Morgan fingerprint density at radius 3 is 2.80 bits per heavy atom. The van der Waals surface area contributed by atoms with Crippen LogP contribution in [-0.4, -0.2) is 33.1 Å². The highest BCUT2D eigenvalue weighted by Gasteiger charge is 2.29. The summed E-state index contributed by atoms with van der Waals surface area (Å²) in [6.45, 7) is 4.02. The lowest BCUT2D eigenvalue weighted by molar-refractivity contribution is -0.115. The SMILES string of the molecule is CC(C)n1ncc2c(C(=O)N3CC(=O)Nc4ccccc43)cc(-c3cccs3)nc21. The molecule has 3 aromatic heterocycles. The van der Waals surface area contributed by atoms with Crippen LogP contribution in [0.15, 0.2) is 54.0 Å². The summed E-state index contributed by atoms with van der Waals surface area (Å²) in [6, 6.07) is 13.2. The van der Waals surface area contributed by atoms with Crippen LogP contribution in [0.2, 0.25) is 0 Å². The maximum Gasteiger partial charge on any atom is 0.259 e. The van der Waals surface area contributed by atoms with Crippen LogP contribution in [0, 0.1) is 0 Å². The first-order valence-electron chi connectivity index (χ1n) is 9.66. The number of pyridine rings is 1. The van der Waals surface area contributed by atoms with Gasteiger partial charge in [-0.2, -0.15) is 5.10 Å². The second-order valence-corrected chi connectivity index (χ2v) is 8.36. The van der Waals surface area contributed by atoms with E-state index in [1.807, 2.05) is 54.2 Å². The van der Waals surface area contributed by atoms with Crippen molar-refractivity contribution in [2.45, 2.75) is 19.9 Å². The van der Waals surface area contributed by atoms with E-state index in [-0.39, 0.29) is 24.4 Å². The van der Waals surface area contributed by atoms with Crippen LogP contribution < -0.4 is 10.2 Å². The minimum atomic E-state index is -0.245. The summed E-state index contributed by atoms with van der Waals surface area (Å²) in [4.78, 5) is 33.3. The molecule has 5 rings (SSSR count). The van der Waals surface area contributed by atoms with Gasteiger partial charge in [0.2, 0.25) is 5.91 Å². The predicted molar refractivity (Wildman–Crippen MR) is 118 cm³/mol. The minimum absolute atomic E-state index is 0.0354. The van der Waals surface area contributed by atoms with Gasteiger partial charge in [0.15, 0.2) is 5.65 Å². The molecule has 0 radical (unpaired) electrons. The van der Waals surface area contributed by atoms with Crippen molar-refractivity contribution in [2.24, 2.45) is 0 Å². The van der Waals surface area contributed by atoms with Gasteiger partial charge >= 0.3 is 0 Å². The minimum Gasteiger partial charge on any atom is -0.323 e. The van der Waals surface area contributed by atoms with Crippen molar-refractivity contribution in [1.29, 1.82) is 0 Å². The number of fused-ring (bicyclic) bond motifs is 2. The standard InChI is InChI=1S/C22H19N5O2S/c1-13(2)27-21-15(11-23-27)14(10-17(25-21)19-8-5-9-30-19)22(29)26-12-20(28)24-16-6-3-4-7-18(16)26/h3-11,13H,12H2,1-2H3,(H,24,28). The van der Waals surface area contributed by atoms with Gasteiger partial charge in [-0.15, -0.1) is 11.3 Å². The van der Waals surface area contributed by atoms with Gasteiger partial charge in [0.05, 0.1) is 39.1 Å². The zero-order valence-electron chi connectivity index (χ0n) is 16.5. The maximum absolute atomic E-state index is 13.7. The number of para-hydroxylation sites is 2. The van der Waals surface area contributed by atoms with E-state index < -0.39 is 0 Å². The summed E-state index contributed by atoms with van der Waals surface area (Å²) >= 11 is 1.57. The molecule has 30 heavy (non-hydrogen) atoms. The molecule has 1 aliphatic heterocycles. The molecule has 7 nitrogen and oxygen atoms in total. The smallest absolute Gasteiger partial charge is 0.259 e. The van der Waals surface area contributed by atoms with Crippen molar-refractivity contribution in [2.75, 3.05) is 16.8 Å². The van der Waals surface area contributed by atoms with Crippen molar-refractivity contribution in [1.82, 2.24) is 14.8 Å². The molecule has 0 aliphatic carbocycles. The Bertz CT molecular complexity index is 1280. The molecule has 150 valence electrons. The van der Waals surface area contributed by atoms with Gasteiger partial charge in [-0.1, -0.05) is 18.2 Å². The van der Waals surface area contributed by atoms with Crippen LogP contribution in [0.3, 0.4) is 0 Å². The fourth-order valence-corrected chi connectivity index (χ4v) is 4.37.